The number of carbonyl (C=O) groups excluding carboxylic acids is 2. The van der Waals surface area contributed by atoms with Gasteiger partial charge in [0.05, 0.1) is 5.56 Å². The third-order valence-corrected chi connectivity index (χ3v) is 6.83. The molecule has 28 heavy (non-hydrogen) atoms. The molecule has 3 nitrogen and oxygen atoms in total. The molecular weight excluding hydrogens is 367 g/mol. The number of carbonyl (C=O) groups is 2. The summed E-state index contributed by atoms with van der Waals surface area (Å²) in [5.41, 5.74) is 4.19. The molecule has 0 N–H and O–H groups in total. The molecule has 0 spiro atoms. The number of rotatable bonds is 5. The number of hydrogen-bond acceptors (Lipinski definition) is 3. The second-order valence-electron chi connectivity index (χ2n) is 8.67. The van der Waals surface area contributed by atoms with E-state index in [1.54, 1.807) is 6.92 Å². The van der Waals surface area contributed by atoms with Gasteiger partial charge in [-0.1, -0.05) is 55.7 Å². The van der Waals surface area contributed by atoms with E-state index >= 15 is 0 Å². The maximum atomic E-state index is 13.2. The van der Waals surface area contributed by atoms with Crippen LogP contribution in [0.3, 0.4) is 0 Å². The zero-order valence-electron chi connectivity index (χ0n) is 18.1. The molecule has 2 aromatic carbocycles. The van der Waals surface area contributed by atoms with Crippen LogP contribution >= 0.6 is 7.80 Å². The molecule has 4 heteroatoms. The lowest BCUT2D eigenvalue weighted by Gasteiger charge is -2.22. The van der Waals surface area contributed by atoms with Crippen LogP contribution < -0.4 is 0 Å². The predicted octanol–water partition coefficient (Wildman–Crippen LogP) is 6.46. The van der Waals surface area contributed by atoms with Crippen LogP contribution in [-0.4, -0.2) is 17.0 Å². The van der Waals surface area contributed by atoms with Gasteiger partial charge in [0.25, 0.3) is 0 Å². The van der Waals surface area contributed by atoms with Gasteiger partial charge in [-0.25, -0.2) is 4.79 Å². The second kappa shape index (κ2) is 8.09. The first-order valence-electron chi connectivity index (χ1n) is 9.59. The molecule has 0 aliphatic carbocycles. The van der Waals surface area contributed by atoms with Crippen molar-refractivity contribution in [2.75, 3.05) is 0 Å². The number of benzene rings is 2. The summed E-state index contributed by atoms with van der Waals surface area (Å²) in [5.74, 6) is -0.226. The van der Waals surface area contributed by atoms with E-state index in [1.807, 2.05) is 58.0 Å². The fraction of sp³-hybridized carbons (Fsp3) is 0.417. The zero-order valence-corrected chi connectivity index (χ0v) is 19.0. The highest BCUT2D eigenvalue weighted by Gasteiger charge is 2.43. The maximum Gasteiger partial charge on any atom is 0.431 e. The SMILES string of the molecule is Cc1cc(C(C)(C)C)cc(C)c1C(=O)C(C)[P+](=O)C(=O)c1c(C)cccc1C. The average Bonchev–Trinajstić information content (AvgIpc) is 2.58. The summed E-state index contributed by atoms with van der Waals surface area (Å²) in [5, 5.41) is 0. The number of aryl methyl sites for hydroxylation is 4. The quantitative estimate of drug-likeness (QED) is 0.430. The van der Waals surface area contributed by atoms with Gasteiger partial charge in [0, 0.05) is 5.56 Å². The van der Waals surface area contributed by atoms with Crippen molar-refractivity contribution in [2.45, 2.75) is 66.5 Å². The summed E-state index contributed by atoms with van der Waals surface area (Å²) in [6.45, 7) is 15.5. The van der Waals surface area contributed by atoms with Crippen LogP contribution in [0, 0.1) is 27.7 Å². The molecule has 2 aromatic rings. The molecule has 2 atom stereocenters. The Morgan fingerprint density at radius 2 is 1.32 bits per heavy atom. The van der Waals surface area contributed by atoms with E-state index in [2.05, 4.69) is 20.8 Å². The van der Waals surface area contributed by atoms with Crippen LogP contribution in [0.5, 0.6) is 0 Å². The van der Waals surface area contributed by atoms with E-state index in [0.29, 0.717) is 11.1 Å². The number of hydrogen-bond donors (Lipinski definition) is 0. The molecule has 0 amide bonds. The monoisotopic (exact) mass is 397 g/mol. The topological polar surface area (TPSA) is 51.2 Å². The molecule has 0 aliphatic heterocycles. The minimum Gasteiger partial charge on any atom is -0.289 e. The molecule has 0 radical (unpaired) electrons. The third kappa shape index (κ3) is 4.31. The summed E-state index contributed by atoms with van der Waals surface area (Å²) in [4.78, 5) is 26.0. The maximum absolute atomic E-state index is 13.2. The van der Waals surface area contributed by atoms with Gasteiger partial charge in [-0.15, -0.1) is 0 Å². The van der Waals surface area contributed by atoms with Gasteiger partial charge in [-0.3, -0.25) is 4.79 Å². The second-order valence-corrected chi connectivity index (χ2v) is 10.5. The Labute approximate surface area is 169 Å². The van der Waals surface area contributed by atoms with Gasteiger partial charge < -0.3 is 0 Å². The van der Waals surface area contributed by atoms with Crippen LogP contribution in [0.4, 0.5) is 0 Å². The lowest BCUT2D eigenvalue weighted by molar-refractivity contribution is 0.0981. The first-order chi connectivity index (χ1) is 12.9. The molecule has 2 rings (SSSR count). The minimum absolute atomic E-state index is 0.0216. The van der Waals surface area contributed by atoms with Crippen molar-refractivity contribution in [1.29, 1.82) is 0 Å². The van der Waals surface area contributed by atoms with Crippen molar-refractivity contribution in [3.8, 4) is 0 Å². The van der Waals surface area contributed by atoms with E-state index in [-0.39, 0.29) is 11.2 Å². The van der Waals surface area contributed by atoms with Crippen molar-refractivity contribution in [3.05, 3.63) is 69.3 Å². The van der Waals surface area contributed by atoms with Crippen LogP contribution in [0.1, 0.15) is 76.2 Å². The van der Waals surface area contributed by atoms with Gasteiger partial charge in [0.15, 0.2) is 0 Å². The van der Waals surface area contributed by atoms with E-state index in [0.717, 1.165) is 27.8 Å². The third-order valence-electron chi connectivity index (χ3n) is 5.27. The molecule has 2 unspecified atom stereocenters. The first-order valence-corrected chi connectivity index (χ1v) is 10.9. The summed E-state index contributed by atoms with van der Waals surface area (Å²) < 4.78 is 13.0. The van der Waals surface area contributed by atoms with E-state index in [9.17, 15) is 14.2 Å². The van der Waals surface area contributed by atoms with Crippen LogP contribution in [0.15, 0.2) is 30.3 Å². The van der Waals surface area contributed by atoms with Crippen LogP contribution in [0.2, 0.25) is 0 Å². The Hall–Kier alpha value is -2.12. The van der Waals surface area contributed by atoms with Crippen molar-refractivity contribution < 1.29 is 14.2 Å². The van der Waals surface area contributed by atoms with E-state index < -0.39 is 19.0 Å². The first kappa shape index (κ1) is 22.2. The molecular formula is C24H30O3P+. The summed E-state index contributed by atoms with van der Waals surface area (Å²) in [7, 11) is -2.37. The van der Waals surface area contributed by atoms with E-state index in [4.69, 9.17) is 0 Å². The van der Waals surface area contributed by atoms with Crippen LogP contribution in [-0.2, 0) is 9.98 Å². The standard InChI is InChI=1S/C24H30O3P/c1-14-10-9-11-15(2)21(14)23(26)28(27)18(5)22(25)20-16(3)12-19(13-17(20)4)24(6,7)8/h9-13,18H,1-8H3/q+1. The average molecular weight is 397 g/mol. The lowest BCUT2D eigenvalue weighted by Crippen LogP contribution is -2.20. The molecule has 0 saturated heterocycles. The Kier molecular flexibility index (Phi) is 6.41. The molecule has 0 fully saturated rings. The van der Waals surface area contributed by atoms with Gasteiger partial charge in [0.2, 0.25) is 11.4 Å². The van der Waals surface area contributed by atoms with Crippen molar-refractivity contribution >= 4 is 19.1 Å². The highest BCUT2D eigenvalue weighted by Crippen LogP contribution is 2.38. The summed E-state index contributed by atoms with van der Waals surface area (Å²) in [6.07, 6.45) is 0. The van der Waals surface area contributed by atoms with Gasteiger partial charge in [-0.2, -0.15) is 0 Å². The van der Waals surface area contributed by atoms with Crippen molar-refractivity contribution in [2.24, 2.45) is 0 Å². The number of Topliss-reactive ketones (excluding diaryl/α,β-unsaturated/α-hetero) is 1. The van der Waals surface area contributed by atoms with Crippen molar-refractivity contribution in [1.82, 2.24) is 0 Å². The molecule has 0 heterocycles. The van der Waals surface area contributed by atoms with Gasteiger partial charge >= 0.3 is 13.3 Å². The minimum atomic E-state index is -2.37. The van der Waals surface area contributed by atoms with Gasteiger partial charge in [0.1, 0.15) is 0 Å². The Bertz CT molecular complexity index is 921. The Morgan fingerprint density at radius 3 is 1.75 bits per heavy atom. The summed E-state index contributed by atoms with van der Waals surface area (Å²) >= 11 is 0. The van der Waals surface area contributed by atoms with Crippen molar-refractivity contribution in [3.63, 3.8) is 0 Å². The fourth-order valence-electron chi connectivity index (χ4n) is 3.54. The predicted molar refractivity (Wildman–Crippen MR) is 116 cm³/mol. The van der Waals surface area contributed by atoms with E-state index in [1.165, 1.54) is 0 Å². The summed E-state index contributed by atoms with van der Waals surface area (Å²) in [6, 6.07) is 9.57. The fourth-order valence-corrected chi connectivity index (χ4v) is 4.81. The van der Waals surface area contributed by atoms with Gasteiger partial charge in [-0.05, 0) is 67.9 Å². The Balaban J connectivity index is 2.39. The molecule has 0 bridgehead atoms. The molecule has 148 valence electrons. The highest BCUT2D eigenvalue weighted by molar-refractivity contribution is 7.66. The Morgan fingerprint density at radius 1 is 0.857 bits per heavy atom. The van der Waals surface area contributed by atoms with Crippen LogP contribution in [0.25, 0.3) is 0 Å². The molecule has 0 aliphatic rings. The highest BCUT2D eigenvalue weighted by atomic mass is 31.1. The normalized spacial score (nSPS) is 13.2. The molecule has 0 saturated carbocycles. The smallest absolute Gasteiger partial charge is 0.289 e. The largest absolute Gasteiger partial charge is 0.431 e. The lowest BCUT2D eigenvalue weighted by atomic mass is 9.83. The number of ketones is 1. The molecule has 0 aromatic heterocycles. The zero-order chi connectivity index (χ0) is 21.4.